The van der Waals surface area contributed by atoms with E-state index in [0.29, 0.717) is 5.41 Å². The van der Waals surface area contributed by atoms with Crippen LogP contribution in [0.15, 0.2) is 6.07 Å². The molecule has 17 heavy (non-hydrogen) atoms. The minimum atomic E-state index is 0.397. The molecular weight excluding hydrogens is 210 g/mol. The summed E-state index contributed by atoms with van der Waals surface area (Å²) in [7, 11) is 2.06. The third-order valence-electron chi connectivity index (χ3n) is 4.01. The quantitative estimate of drug-likeness (QED) is 0.820. The lowest BCUT2D eigenvalue weighted by molar-refractivity contribution is 0.256. The fourth-order valence-electron chi connectivity index (χ4n) is 2.96. The molecule has 0 radical (unpaired) electrons. The van der Waals surface area contributed by atoms with Gasteiger partial charge in [-0.25, -0.2) is 0 Å². The van der Waals surface area contributed by atoms with Crippen molar-refractivity contribution >= 4 is 0 Å². The van der Waals surface area contributed by atoms with Gasteiger partial charge < -0.3 is 5.32 Å². The molecule has 1 atom stereocenters. The van der Waals surface area contributed by atoms with Crippen molar-refractivity contribution in [3.8, 4) is 0 Å². The molecule has 0 bridgehead atoms. The molecule has 1 aromatic rings. The summed E-state index contributed by atoms with van der Waals surface area (Å²) in [6.07, 6.45) is 3.95. The van der Waals surface area contributed by atoms with E-state index in [1.54, 1.807) is 0 Å². The number of aryl methyl sites for hydroxylation is 2. The van der Waals surface area contributed by atoms with Crippen LogP contribution in [0.4, 0.5) is 0 Å². The van der Waals surface area contributed by atoms with Crippen molar-refractivity contribution in [1.29, 1.82) is 0 Å². The molecule has 1 aliphatic rings. The van der Waals surface area contributed by atoms with E-state index in [9.17, 15) is 0 Å². The molecule has 1 aromatic heterocycles. The minimum Gasteiger partial charge on any atom is -0.319 e. The van der Waals surface area contributed by atoms with E-state index in [1.807, 2.05) is 0 Å². The number of nitrogens with zero attached hydrogens (tertiary/aromatic N) is 2. The molecule has 1 heterocycles. The van der Waals surface area contributed by atoms with Crippen molar-refractivity contribution < 1.29 is 0 Å². The van der Waals surface area contributed by atoms with Crippen molar-refractivity contribution in [3.63, 3.8) is 0 Å². The first-order valence-electron chi connectivity index (χ1n) is 6.77. The second kappa shape index (κ2) is 4.81. The highest BCUT2D eigenvalue weighted by Gasteiger charge is 2.41. The molecule has 0 spiro atoms. The van der Waals surface area contributed by atoms with Gasteiger partial charge in [-0.2, -0.15) is 5.10 Å². The molecule has 3 heteroatoms. The first kappa shape index (κ1) is 12.6. The Labute approximate surface area is 105 Å². The fraction of sp³-hybridized carbons (Fsp3) is 0.786. The maximum atomic E-state index is 4.55. The average Bonchev–Trinajstić information content (AvgIpc) is 3.05. The van der Waals surface area contributed by atoms with Crippen LogP contribution in [0.25, 0.3) is 0 Å². The monoisotopic (exact) mass is 235 g/mol. The Balaban J connectivity index is 2.16. The summed E-state index contributed by atoms with van der Waals surface area (Å²) in [5.74, 6) is 0.899. The summed E-state index contributed by atoms with van der Waals surface area (Å²) in [4.78, 5) is 0. The molecule has 1 saturated carbocycles. The molecule has 1 aliphatic carbocycles. The van der Waals surface area contributed by atoms with Crippen LogP contribution < -0.4 is 5.32 Å². The zero-order valence-corrected chi connectivity index (χ0v) is 11.6. The number of hydrogen-bond donors (Lipinski definition) is 1. The van der Waals surface area contributed by atoms with Crippen LogP contribution in [0.1, 0.15) is 38.1 Å². The van der Waals surface area contributed by atoms with Gasteiger partial charge in [0.1, 0.15) is 0 Å². The second-order valence-electron chi connectivity index (χ2n) is 5.73. The highest BCUT2D eigenvalue weighted by molar-refractivity contribution is 5.13. The van der Waals surface area contributed by atoms with E-state index in [1.165, 1.54) is 18.5 Å². The molecule has 2 rings (SSSR count). The third-order valence-corrected chi connectivity index (χ3v) is 4.01. The molecule has 3 nitrogen and oxygen atoms in total. The predicted octanol–water partition coefficient (Wildman–Crippen LogP) is 2.39. The lowest BCUT2D eigenvalue weighted by Gasteiger charge is -2.29. The average molecular weight is 235 g/mol. The Morgan fingerprint density at radius 3 is 2.76 bits per heavy atom. The topological polar surface area (TPSA) is 29.9 Å². The van der Waals surface area contributed by atoms with Gasteiger partial charge in [-0.15, -0.1) is 0 Å². The van der Waals surface area contributed by atoms with E-state index in [2.05, 4.69) is 49.0 Å². The highest BCUT2D eigenvalue weighted by atomic mass is 15.3. The molecule has 1 N–H and O–H groups in total. The maximum Gasteiger partial charge on any atom is 0.0596 e. The Bertz CT molecular complexity index is 379. The summed E-state index contributed by atoms with van der Waals surface area (Å²) in [6, 6.07) is 2.25. The number of nitrogens with one attached hydrogen (secondary N) is 1. The molecule has 0 amide bonds. The van der Waals surface area contributed by atoms with Crippen LogP contribution in [0.3, 0.4) is 0 Å². The summed E-state index contributed by atoms with van der Waals surface area (Å²) in [5, 5.41) is 7.91. The number of rotatable bonds is 6. The SMILES string of the molecule is CCn1nc(C)cc1CC(C)(CNC)C1CC1. The molecular formula is C14H25N3. The lowest BCUT2D eigenvalue weighted by Crippen LogP contribution is -2.34. The number of hydrogen-bond acceptors (Lipinski definition) is 2. The highest BCUT2D eigenvalue weighted by Crippen LogP contribution is 2.47. The van der Waals surface area contributed by atoms with Crippen LogP contribution in [-0.2, 0) is 13.0 Å². The van der Waals surface area contributed by atoms with Crippen LogP contribution in [0.5, 0.6) is 0 Å². The Morgan fingerprint density at radius 1 is 1.53 bits per heavy atom. The van der Waals surface area contributed by atoms with Crippen molar-refractivity contribution in [2.45, 2.75) is 46.6 Å². The van der Waals surface area contributed by atoms with Crippen molar-refractivity contribution in [2.24, 2.45) is 11.3 Å². The smallest absolute Gasteiger partial charge is 0.0596 e. The third kappa shape index (κ3) is 2.71. The minimum absolute atomic E-state index is 0.397. The summed E-state index contributed by atoms with van der Waals surface area (Å²) >= 11 is 0. The van der Waals surface area contributed by atoms with Gasteiger partial charge in [0.05, 0.1) is 5.69 Å². The van der Waals surface area contributed by atoms with Gasteiger partial charge in [0.25, 0.3) is 0 Å². The predicted molar refractivity (Wildman–Crippen MR) is 71.1 cm³/mol. The van der Waals surface area contributed by atoms with E-state index in [-0.39, 0.29) is 0 Å². The first-order valence-corrected chi connectivity index (χ1v) is 6.77. The molecule has 0 saturated heterocycles. The molecule has 0 aromatic carbocycles. The summed E-state index contributed by atoms with van der Waals surface area (Å²) in [5.41, 5.74) is 2.94. The zero-order chi connectivity index (χ0) is 12.5. The van der Waals surface area contributed by atoms with Gasteiger partial charge in [-0.05, 0) is 57.6 Å². The summed E-state index contributed by atoms with van der Waals surface area (Å²) in [6.45, 7) is 8.75. The standard InChI is InChI=1S/C14H25N3/c1-5-17-13(8-11(2)16-17)9-14(3,10-15-4)12-6-7-12/h8,12,15H,5-7,9-10H2,1-4H3. The molecule has 96 valence electrons. The van der Waals surface area contributed by atoms with Gasteiger partial charge in [-0.3, -0.25) is 4.68 Å². The van der Waals surface area contributed by atoms with E-state index < -0.39 is 0 Å². The Hall–Kier alpha value is -0.830. The Kier molecular flexibility index (Phi) is 3.57. The Morgan fingerprint density at radius 2 is 2.24 bits per heavy atom. The van der Waals surface area contributed by atoms with Gasteiger partial charge in [-0.1, -0.05) is 6.92 Å². The van der Waals surface area contributed by atoms with E-state index in [0.717, 1.165) is 31.1 Å². The largest absolute Gasteiger partial charge is 0.319 e. The molecule has 1 unspecified atom stereocenters. The van der Waals surface area contributed by atoms with Gasteiger partial charge in [0.15, 0.2) is 0 Å². The number of aromatic nitrogens is 2. The van der Waals surface area contributed by atoms with E-state index >= 15 is 0 Å². The molecule has 1 fully saturated rings. The van der Waals surface area contributed by atoms with Crippen molar-refractivity contribution in [2.75, 3.05) is 13.6 Å². The van der Waals surface area contributed by atoms with Crippen molar-refractivity contribution in [1.82, 2.24) is 15.1 Å². The van der Waals surface area contributed by atoms with Crippen LogP contribution in [-0.4, -0.2) is 23.4 Å². The first-order chi connectivity index (χ1) is 8.09. The van der Waals surface area contributed by atoms with Crippen LogP contribution in [0, 0.1) is 18.3 Å². The van der Waals surface area contributed by atoms with Crippen LogP contribution in [0.2, 0.25) is 0 Å². The fourth-order valence-corrected chi connectivity index (χ4v) is 2.96. The van der Waals surface area contributed by atoms with Gasteiger partial charge in [0.2, 0.25) is 0 Å². The van der Waals surface area contributed by atoms with Crippen LogP contribution >= 0.6 is 0 Å². The second-order valence-corrected chi connectivity index (χ2v) is 5.73. The van der Waals surface area contributed by atoms with E-state index in [4.69, 9.17) is 0 Å². The summed E-state index contributed by atoms with van der Waals surface area (Å²) < 4.78 is 2.16. The molecule has 0 aliphatic heterocycles. The maximum absolute atomic E-state index is 4.55. The normalized spacial score (nSPS) is 19.3. The van der Waals surface area contributed by atoms with Crippen molar-refractivity contribution in [3.05, 3.63) is 17.5 Å². The zero-order valence-electron chi connectivity index (χ0n) is 11.6. The van der Waals surface area contributed by atoms with Gasteiger partial charge in [0, 0.05) is 18.8 Å². The lowest BCUT2D eigenvalue weighted by atomic mass is 9.80. The van der Waals surface area contributed by atoms with Gasteiger partial charge >= 0.3 is 0 Å².